The van der Waals surface area contributed by atoms with Crippen molar-refractivity contribution >= 4 is 5.69 Å². The number of hydrogen-bond acceptors (Lipinski definition) is 2. The fraction of sp³-hybridized carbons (Fsp3) is 0.600. The minimum atomic E-state index is -0.264. The quantitative estimate of drug-likeness (QED) is 0.868. The second kappa shape index (κ2) is 5.17. The third-order valence-corrected chi connectivity index (χ3v) is 4.00. The van der Waals surface area contributed by atoms with Crippen LogP contribution in [0.4, 0.5) is 10.1 Å². The van der Waals surface area contributed by atoms with E-state index in [1.807, 2.05) is 0 Å². The number of nitrogens with one attached hydrogen (secondary N) is 1. The highest BCUT2D eigenvalue weighted by molar-refractivity contribution is 5.57. The zero-order valence-electron chi connectivity index (χ0n) is 11.4. The molecule has 1 atom stereocenters. The van der Waals surface area contributed by atoms with E-state index in [4.69, 9.17) is 4.74 Å². The van der Waals surface area contributed by atoms with E-state index in [0.29, 0.717) is 11.8 Å². The van der Waals surface area contributed by atoms with Gasteiger partial charge in [-0.15, -0.1) is 0 Å². The summed E-state index contributed by atoms with van der Waals surface area (Å²) in [7, 11) is 1.58. The Balaban J connectivity index is 2.17. The van der Waals surface area contributed by atoms with Crippen LogP contribution < -0.4 is 10.1 Å². The second-order valence-electron chi connectivity index (χ2n) is 5.78. The number of rotatable bonds is 3. The highest BCUT2D eigenvalue weighted by atomic mass is 19.1. The Kier molecular flexibility index (Phi) is 3.79. The third-order valence-electron chi connectivity index (χ3n) is 4.00. The molecular weight excluding hydrogens is 229 g/mol. The zero-order valence-corrected chi connectivity index (χ0v) is 11.4. The van der Waals surface area contributed by atoms with Gasteiger partial charge >= 0.3 is 0 Å². The largest absolute Gasteiger partial charge is 0.494 e. The van der Waals surface area contributed by atoms with Crippen LogP contribution in [0, 0.1) is 11.2 Å². The topological polar surface area (TPSA) is 21.3 Å². The highest BCUT2D eigenvalue weighted by Gasteiger charge is 2.32. The van der Waals surface area contributed by atoms with Gasteiger partial charge in [0.2, 0.25) is 0 Å². The second-order valence-corrected chi connectivity index (χ2v) is 5.78. The molecule has 100 valence electrons. The van der Waals surface area contributed by atoms with Gasteiger partial charge in [-0.1, -0.05) is 26.7 Å². The molecule has 18 heavy (non-hydrogen) atoms. The molecule has 0 aromatic heterocycles. The van der Waals surface area contributed by atoms with Gasteiger partial charge in [0.05, 0.1) is 12.8 Å². The van der Waals surface area contributed by atoms with Crippen molar-refractivity contribution in [3.63, 3.8) is 0 Å². The molecule has 1 N–H and O–H groups in total. The molecule has 2 rings (SSSR count). The van der Waals surface area contributed by atoms with Crippen LogP contribution in [-0.2, 0) is 0 Å². The number of ether oxygens (including phenoxy) is 1. The first kappa shape index (κ1) is 13.2. The van der Waals surface area contributed by atoms with E-state index in [9.17, 15) is 4.39 Å². The van der Waals surface area contributed by atoms with E-state index < -0.39 is 0 Å². The molecule has 2 nitrogen and oxygen atoms in total. The fourth-order valence-corrected chi connectivity index (χ4v) is 2.73. The number of benzene rings is 1. The normalized spacial score (nSPS) is 22.6. The zero-order chi connectivity index (χ0) is 13.2. The van der Waals surface area contributed by atoms with Crippen LogP contribution in [0.5, 0.6) is 5.75 Å². The lowest BCUT2D eigenvalue weighted by Crippen LogP contribution is -2.39. The maximum Gasteiger partial charge on any atom is 0.144 e. The van der Waals surface area contributed by atoms with Crippen molar-refractivity contribution in [1.82, 2.24) is 0 Å². The van der Waals surface area contributed by atoms with Crippen molar-refractivity contribution in [1.29, 1.82) is 0 Å². The predicted octanol–water partition coefficient (Wildman–Crippen LogP) is 4.22. The van der Waals surface area contributed by atoms with E-state index in [1.165, 1.54) is 31.4 Å². The number of methoxy groups -OCH3 is 1. The Bertz CT molecular complexity index is 417. The maximum atomic E-state index is 13.2. The first-order chi connectivity index (χ1) is 8.53. The summed E-state index contributed by atoms with van der Waals surface area (Å²) in [6.07, 6.45) is 4.94. The Morgan fingerprint density at radius 2 is 2.11 bits per heavy atom. The lowest BCUT2D eigenvalue weighted by Gasteiger charge is -2.39. The molecule has 0 aliphatic heterocycles. The summed E-state index contributed by atoms with van der Waals surface area (Å²) >= 11 is 0. The standard InChI is InChI=1S/C15H22FNO/c1-15(2)9-5-4-6-14(15)17-12-8-7-11(16)10-13(12)18-3/h7-8,10,14,17H,4-6,9H2,1-3H3. The van der Waals surface area contributed by atoms with E-state index >= 15 is 0 Å². The molecular formula is C15H22FNO. The fourth-order valence-electron chi connectivity index (χ4n) is 2.73. The van der Waals surface area contributed by atoms with Gasteiger partial charge in [-0.2, -0.15) is 0 Å². The van der Waals surface area contributed by atoms with Crippen LogP contribution in [0.1, 0.15) is 39.5 Å². The van der Waals surface area contributed by atoms with E-state index in [2.05, 4.69) is 19.2 Å². The summed E-state index contributed by atoms with van der Waals surface area (Å²) < 4.78 is 18.4. The molecule has 1 saturated carbocycles. The number of anilines is 1. The van der Waals surface area contributed by atoms with Crippen LogP contribution in [-0.4, -0.2) is 13.2 Å². The van der Waals surface area contributed by atoms with Gasteiger partial charge in [-0.25, -0.2) is 4.39 Å². The molecule has 0 bridgehead atoms. The van der Waals surface area contributed by atoms with Crippen LogP contribution in [0.3, 0.4) is 0 Å². The molecule has 1 aliphatic rings. The first-order valence-electron chi connectivity index (χ1n) is 6.63. The Hall–Kier alpha value is -1.25. The summed E-state index contributed by atoms with van der Waals surface area (Å²) in [5, 5.41) is 3.53. The molecule has 1 aromatic carbocycles. The molecule has 1 aromatic rings. The lowest BCUT2D eigenvalue weighted by atomic mass is 9.73. The molecule has 0 spiro atoms. The lowest BCUT2D eigenvalue weighted by molar-refractivity contribution is 0.216. The van der Waals surface area contributed by atoms with Gasteiger partial charge in [0.1, 0.15) is 11.6 Å². The SMILES string of the molecule is COc1cc(F)ccc1NC1CCCCC1(C)C. The minimum absolute atomic E-state index is 0.264. The summed E-state index contributed by atoms with van der Waals surface area (Å²) in [6, 6.07) is 5.09. The molecule has 0 radical (unpaired) electrons. The predicted molar refractivity (Wildman–Crippen MR) is 72.6 cm³/mol. The van der Waals surface area contributed by atoms with Crippen LogP contribution in [0.2, 0.25) is 0 Å². The Morgan fingerprint density at radius 1 is 1.33 bits per heavy atom. The average molecular weight is 251 g/mol. The summed E-state index contributed by atoms with van der Waals surface area (Å²) in [5.74, 6) is 0.316. The summed E-state index contributed by atoms with van der Waals surface area (Å²) in [5.41, 5.74) is 1.16. The van der Waals surface area contributed by atoms with Gasteiger partial charge in [-0.3, -0.25) is 0 Å². The maximum absolute atomic E-state index is 13.2. The van der Waals surface area contributed by atoms with E-state index in [0.717, 1.165) is 12.1 Å². The van der Waals surface area contributed by atoms with Crippen LogP contribution in [0.15, 0.2) is 18.2 Å². The third kappa shape index (κ3) is 2.77. The monoisotopic (exact) mass is 251 g/mol. The van der Waals surface area contributed by atoms with Crippen LogP contribution in [0.25, 0.3) is 0 Å². The molecule has 0 heterocycles. The molecule has 3 heteroatoms. The molecule has 1 unspecified atom stereocenters. The van der Waals surface area contributed by atoms with Gasteiger partial charge in [-0.05, 0) is 30.4 Å². The summed E-state index contributed by atoms with van der Waals surface area (Å²) in [6.45, 7) is 4.58. The van der Waals surface area contributed by atoms with E-state index in [1.54, 1.807) is 13.2 Å². The van der Waals surface area contributed by atoms with Crippen molar-refractivity contribution in [2.45, 2.75) is 45.6 Å². The van der Waals surface area contributed by atoms with Crippen LogP contribution >= 0.6 is 0 Å². The van der Waals surface area contributed by atoms with Gasteiger partial charge in [0, 0.05) is 12.1 Å². The van der Waals surface area contributed by atoms with Gasteiger partial charge < -0.3 is 10.1 Å². The molecule has 1 aliphatic carbocycles. The Labute approximate surface area is 109 Å². The van der Waals surface area contributed by atoms with Crippen molar-refractivity contribution in [2.75, 3.05) is 12.4 Å². The molecule has 0 amide bonds. The minimum Gasteiger partial charge on any atom is -0.494 e. The van der Waals surface area contributed by atoms with Crippen molar-refractivity contribution in [3.8, 4) is 5.75 Å². The summed E-state index contributed by atoms with van der Waals surface area (Å²) in [4.78, 5) is 0. The number of halogens is 1. The first-order valence-corrected chi connectivity index (χ1v) is 6.63. The smallest absolute Gasteiger partial charge is 0.144 e. The average Bonchev–Trinajstić information content (AvgIpc) is 2.33. The highest BCUT2D eigenvalue weighted by Crippen LogP contribution is 2.38. The van der Waals surface area contributed by atoms with E-state index in [-0.39, 0.29) is 11.2 Å². The van der Waals surface area contributed by atoms with Gasteiger partial charge in [0.25, 0.3) is 0 Å². The number of hydrogen-bond donors (Lipinski definition) is 1. The Morgan fingerprint density at radius 3 is 2.78 bits per heavy atom. The molecule has 0 saturated heterocycles. The van der Waals surface area contributed by atoms with Crippen molar-refractivity contribution in [3.05, 3.63) is 24.0 Å². The van der Waals surface area contributed by atoms with Crippen molar-refractivity contribution in [2.24, 2.45) is 5.41 Å². The molecule has 1 fully saturated rings. The van der Waals surface area contributed by atoms with Crippen molar-refractivity contribution < 1.29 is 9.13 Å². The van der Waals surface area contributed by atoms with Gasteiger partial charge in [0.15, 0.2) is 0 Å².